The van der Waals surface area contributed by atoms with Crippen molar-refractivity contribution in [1.29, 1.82) is 0 Å². The number of aliphatic hydroxyl groups is 3. The molecule has 0 spiro atoms. The SMILES string of the molecule is OCc1cc([C@@H](O)CN(CCCCCCOCCCCc2ccccc2)Cc2ccc([C@@H](O)CNCCCCCCOCCCCc3ccccc3)cc2O)ccc1O. The van der Waals surface area contributed by atoms with Crippen molar-refractivity contribution in [2.75, 3.05) is 52.6 Å². The number of unbranched alkanes of at least 4 members (excludes halogenated alkanes) is 8. The minimum atomic E-state index is -0.848. The third-order valence-electron chi connectivity index (χ3n) is 10.9. The van der Waals surface area contributed by atoms with Crippen molar-refractivity contribution in [2.45, 2.75) is 115 Å². The molecule has 0 saturated heterocycles. The average Bonchev–Trinajstić information content (AvgIpc) is 3.25. The minimum absolute atomic E-state index is 0.00321. The van der Waals surface area contributed by atoms with E-state index in [1.165, 1.54) is 17.2 Å². The molecule has 0 bridgehead atoms. The van der Waals surface area contributed by atoms with Gasteiger partial charge in [0.2, 0.25) is 0 Å². The Morgan fingerprint density at radius 3 is 1.66 bits per heavy atom. The van der Waals surface area contributed by atoms with Crippen LogP contribution < -0.4 is 5.32 Å². The lowest BCUT2D eigenvalue weighted by atomic mass is 10.0. The minimum Gasteiger partial charge on any atom is -0.508 e. The molecule has 0 aliphatic heterocycles. The Balaban J connectivity index is 1.12. The second-order valence-corrected chi connectivity index (χ2v) is 15.8. The summed E-state index contributed by atoms with van der Waals surface area (Å²) < 4.78 is 11.7. The number of benzene rings is 4. The van der Waals surface area contributed by atoms with E-state index < -0.39 is 12.2 Å². The summed E-state index contributed by atoms with van der Waals surface area (Å²) in [6, 6.07) is 31.3. The van der Waals surface area contributed by atoms with E-state index in [1.807, 2.05) is 18.2 Å². The second-order valence-electron chi connectivity index (χ2n) is 15.8. The molecule has 6 N–H and O–H groups in total. The zero-order valence-corrected chi connectivity index (χ0v) is 35.4. The van der Waals surface area contributed by atoms with Gasteiger partial charge < -0.3 is 40.3 Å². The number of aryl methyl sites for hydroxylation is 2. The van der Waals surface area contributed by atoms with E-state index in [2.05, 4.69) is 64.8 Å². The maximum absolute atomic E-state index is 11.2. The number of aromatic hydroxyl groups is 2. The molecule has 9 heteroatoms. The van der Waals surface area contributed by atoms with E-state index in [1.54, 1.807) is 18.2 Å². The Bertz CT molecular complexity index is 1660. The molecule has 0 aliphatic rings. The average molecular weight is 813 g/mol. The molecule has 0 aromatic heterocycles. The fourth-order valence-electron chi connectivity index (χ4n) is 7.30. The standard InChI is InChI=1S/C50H72N2O7/c53-40-46-35-43(27-28-47(46)54)50(57)39-52(30-14-2-4-16-32-59-34-18-12-24-42-21-9-6-10-22-42)38-45-26-25-44(36-48(45)55)49(56)37-51-29-13-1-3-15-31-58-33-17-11-23-41-19-7-5-8-20-41/h5-10,19-22,25-28,35-36,49-51,53-57H,1-4,11-18,23-24,29-34,37-40H2/t49-,50-/m0/s1. The number of aliphatic hydroxyl groups excluding tert-OH is 3. The Morgan fingerprint density at radius 2 is 1.07 bits per heavy atom. The smallest absolute Gasteiger partial charge is 0.121 e. The predicted octanol–water partition coefficient (Wildman–Crippen LogP) is 8.95. The molecule has 4 aromatic rings. The molecule has 324 valence electrons. The molecule has 0 radical (unpaired) electrons. The monoisotopic (exact) mass is 813 g/mol. The van der Waals surface area contributed by atoms with Crippen LogP contribution in [-0.2, 0) is 35.5 Å². The second kappa shape index (κ2) is 29.4. The molecule has 59 heavy (non-hydrogen) atoms. The van der Waals surface area contributed by atoms with Gasteiger partial charge in [-0.25, -0.2) is 0 Å². The van der Waals surface area contributed by atoms with Gasteiger partial charge in [0.25, 0.3) is 0 Å². The lowest BCUT2D eigenvalue weighted by Crippen LogP contribution is -2.29. The van der Waals surface area contributed by atoms with Crippen molar-refractivity contribution in [1.82, 2.24) is 10.2 Å². The van der Waals surface area contributed by atoms with Gasteiger partial charge in [0, 0.05) is 57.2 Å². The first-order valence-corrected chi connectivity index (χ1v) is 22.2. The number of hydrogen-bond donors (Lipinski definition) is 6. The molecule has 0 amide bonds. The zero-order valence-electron chi connectivity index (χ0n) is 35.4. The quantitative estimate of drug-likeness (QED) is 0.0261. The fraction of sp³-hybridized carbons (Fsp3) is 0.520. The largest absolute Gasteiger partial charge is 0.508 e. The zero-order chi connectivity index (χ0) is 41.8. The van der Waals surface area contributed by atoms with Gasteiger partial charge in [-0.3, -0.25) is 4.90 Å². The van der Waals surface area contributed by atoms with Crippen molar-refractivity contribution in [3.8, 4) is 11.5 Å². The van der Waals surface area contributed by atoms with Crippen molar-refractivity contribution in [3.05, 3.63) is 130 Å². The highest BCUT2D eigenvalue weighted by Crippen LogP contribution is 2.27. The van der Waals surface area contributed by atoms with E-state index in [0.29, 0.717) is 36.3 Å². The van der Waals surface area contributed by atoms with Crippen molar-refractivity contribution in [2.24, 2.45) is 0 Å². The third kappa shape index (κ3) is 19.9. The van der Waals surface area contributed by atoms with Gasteiger partial charge in [0.1, 0.15) is 11.5 Å². The van der Waals surface area contributed by atoms with Crippen LogP contribution in [-0.4, -0.2) is 83.0 Å². The van der Waals surface area contributed by atoms with E-state index >= 15 is 0 Å². The third-order valence-corrected chi connectivity index (χ3v) is 10.9. The van der Waals surface area contributed by atoms with Crippen LogP contribution in [0, 0.1) is 0 Å². The summed E-state index contributed by atoms with van der Waals surface area (Å²) in [5.41, 5.74) is 5.12. The lowest BCUT2D eigenvalue weighted by molar-refractivity contribution is 0.106. The van der Waals surface area contributed by atoms with Crippen LogP contribution in [0.5, 0.6) is 11.5 Å². The van der Waals surface area contributed by atoms with Crippen LogP contribution in [0.3, 0.4) is 0 Å². The van der Waals surface area contributed by atoms with Gasteiger partial charge in [-0.05, 0) is 118 Å². The number of ether oxygens (including phenoxy) is 2. The maximum Gasteiger partial charge on any atom is 0.121 e. The highest BCUT2D eigenvalue weighted by atomic mass is 16.5. The van der Waals surface area contributed by atoms with E-state index in [9.17, 15) is 25.5 Å². The Kier molecular flexibility index (Phi) is 23.9. The molecule has 2 atom stereocenters. The summed E-state index contributed by atoms with van der Waals surface area (Å²) in [4.78, 5) is 2.13. The van der Waals surface area contributed by atoms with Gasteiger partial charge in [0.05, 0.1) is 18.8 Å². The summed E-state index contributed by atoms with van der Waals surface area (Å²) in [6.07, 6.45) is 13.4. The van der Waals surface area contributed by atoms with Crippen molar-refractivity contribution < 1.29 is 35.0 Å². The van der Waals surface area contributed by atoms with Crippen molar-refractivity contribution in [3.63, 3.8) is 0 Å². The number of nitrogens with zero attached hydrogens (tertiary/aromatic N) is 1. The molecule has 0 aliphatic carbocycles. The van der Waals surface area contributed by atoms with Crippen LogP contribution in [0.2, 0.25) is 0 Å². The summed E-state index contributed by atoms with van der Waals surface area (Å²) in [5.74, 6) is 0.115. The van der Waals surface area contributed by atoms with E-state index in [0.717, 1.165) is 135 Å². The van der Waals surface area contributed by atoms with Crippen LogP contribution in [0.25, 0.3) is 0 Å². The molecule has 4 aromatic carbocycles. The first-order chi connectivity index (χ1) is 28.9. The van der Waals surface area contributed by atoms with Crippen LogP contribution >= 0.6 is 0 Å². The molecule has 9 nitrogen and oxygen atoms in total. The first-order valence-electron chi connectivity index (χ1n) is 22.2. The summed E-state index contributed by atoms with van der Waals surface area (Å²) in [5, 5.41) is 56.2. The predicted molar refractivity (Wildman–Crippen MR) is 238 cm³/mol. The van der Waals surface area contributed by atoms with E-state index in [-0.39, 0.29) is 18.1 Å². The molecule has 4 rings (SSSR count). The van der Waals surface area contributed by atoms with Crippen LogP contribution in [0.15, 0.2) is 97.1 Å². The molecule has 0 fully saturated rings. The van der Waals surface area contributed by atoms with E-state index in [4.69, 9.17) is 9.47 Å². The van der Waals surface area contributed by atoms with Gasteiger partial charge in [-0.15, -0.1) is 0 Å². The Labute approximate surface area is 354 Å². The highest BCUT2D eigenvalue weighted by molar-refractivity contribution is 5.38. The number of phenols is 2. The van der Waals surface area contributed by atoms with Gasteiger partial charge in [0.15, 0.2) is 0 Å². The number of nitrogens with one attached hydrogen (secondary N) is 1. The summed E-state index contributed by atoms with van der Waals surface area (Å²) in [6.45, 7) is 5.56. The van der Waals surface area contributed by atoms with Crippen molar-refractivity contribution >= 4 is 0 Å². The molecule has 0 heterocycles. The topological polar surface area (TPSA) is 135 Å². The van der Waals surface area contributed by atoms with Gasteiger partial charge in [-0.2, -0.15) is 0 Å². The maximum atomic E-state index is 11.2. The van der Waals surface area contributed by atoms with Crippen LogP contribution in [0.4, 0.5) is 0 Å². The summed E-state index contributed by atoms with van der Waals surface area (Å²) in [7, 11) is 0. The normalized spacial score (nSPS) is 12.6. The highest BCUT2D eigenvalue weighted by Gasteiger charge is 2.18. The number of rotatable bonds is 33. The Morgan fingerprint density at radius 1 is 0.525 bits per heavy atom. The molecule has 0 unspecified atom stereocenters. The van der Waals surface area contributed by atoms with Crippen LogP contribution in [0.1, 0.15) is 123 Å². The first kappa shape index (κ1) is 47.9. The molecular weight excluding hydrogens is 741 g/mol. The summed E-state index contributed by atoms with van der Waals surface area (Å²) >= 11 is 0. The molecule has 0 saturated carbocycles. The van der Waals surface area contributed by atoms with Gasteiger partial charge in [-0.1, -0.05) is 105 Å². The molecular formula is C50H72N2O7. The fourth-order valence-corrected chi connectivity index (χ4v) is 7.30. The lowest BCUT2D eigenvalue weighted by Gasteiger charge is -2.26. The van der Waals surface area contributed by atoms with Gasteiger partial charge >= 0.3 is 0 Å². The number of phenolic OH excluding ortho intramolecular Hbond substituents is 1. The number of hydrogen-bond acceptors (Lipinski definition) is 9. The Hall–Kier alpha value is -3.80.